The predicted molar refractivity (Wildman–Crippen MR) is 64.2 cm³/mol. The normalized spacial score (nSPS) is 10.2. The zero-order chi connectivity index (χ0) is 12.4. The summed E-state index contributed by atoms with van der Waals surface area (Å²) in [5.41, 5.74) is 2.55. The Hall–Kier alpha value is -1.94. The first-order chi connectivity index (χ1) is 8.08. The number of aromatic carboxylic acids is 1. The standard InChI is InChI=1S/C12H9ClN2O2/c1-7-6-10(14-15-11(7)13)8-2-4-9(5-3-8)12(16)17/h2-6H,1H3,(H,16,17). The number of nitrogens with zero attached hydrogens (tertiary/aromatic N) is 2. The lowest BCUT2D eigenvalue weighted by Crippen LogP contribution is -1.96. The largest absolute Gasteiger partial charge is 0.478 e. The molecule has 1 aromatic heterocycles. The monoisotopic (exact) mass is 248 g/mol. The molecule has 0 amide bonds. The van der Waals surface area contributed by atoms with Gasteiger partial charge in [-0.3, -0.25) is 0 Å². The fourth-order valence-corrected chi connectivity index (χ4v) is 1.49. The number of carboxylic acids is 1. The summed E-state index contributed by atoms with van der Waals surface area (Å²) in [6.07, 6.45) is 0. The number of benzene rings is 1. The lowest BCUT2D eigenvalue weighted by atomic mass is 10.1. The molecule has 17 heavy (non-hydrogen) atoms. The Labute approximate surface area is 103 Å². The summed E-state index contributed by atoms with van der Waals surface area (Å²) >= 11 is 5.78. The molecule has 86 valence electrons. The molecular formula is C12H9ClN2O2. The van der Waals surface area contributed by atoms with Gasteiger partial charge in [-0.2, -0.15) is 0 Å². The number of aromatic nitrogens is 2. The molecule has 0 aliphatic carbocycles. The Morgan fingerprint density at radius 2 is 1.88 bits per heavy atom. The number of hydrogen-bond donors (Lipinski definition) is 1. The molecule has 0 unspecified atom stereocenters. The van der Waals surface area contributed by atoms with Crippen LogP contribution in [0.15, 0.2) is 30.3 Å². The van der Waals surface area contributed by atoms with Crippen LogP contribution in [0.4, 0.5) is 0 Å². The quantitative estimate of drug-likeness (QED) is 0.888. The van der Waals surface area contributed by atoms with Crippen molar-refractivity contribution in [3.63, 3.8) is 0 Å². The molecule has 0 aliphatic heterocycles. The number of hydrogen-bond acceptors (Lipinski definition) is 3. The van der Waals surface area contributed by atoms with Gasteiger partial charge in [0.15, 0.2) is 5.15 Å². The van der Waals surface area contributed by atoms with Gasteiger partial charge in [-0.15, -0.1) is 10.2 Å². The van der Waals surface area contributed by atoms with Crippen molar-refractivity contribution in [2.45, 2.75) is 6.92 Å². The van der Waals surface area contributed by atoms with E-state index in [9.17, 15) is 4.79 Å². The molecule has 0 spiro atoms. The summed E-state index contributed by atoms with van der Waals surface area (Å²) in [6.45, 7) is 1.84. The first kappa shape index (κ1) is 11.5. The number of halogens is 1. The van der Waals surface area contributed by atoms with Crippen LogP contribution >= 0.6 is 11.6 Å². The maximum Gasteiger partial charge on any atom is 0.335 e. The first-order valence-corrected chi connectivity index (χ1v) is 5.29. The van der Waals surface area contributed by atoms with Crippen LogP contribution in [0, 0.1) is 6.92 Å². The molecule has 4 nitrogen and oxygen atoms in total. The zero-order valence-electron chi connectivity index (χ0n) is 9.01. The van der Waals surface area contributed by atoms with Crippen molar-refractivity contribution in [2.75, 3.05) is 0 Å². The zero-order valence-corrected chi connectivity index (χ0v) is 9.77. The number of carboxylic acid groups (broad SMARTS) is 1. The summed E-state index contributed by atoms with van der Waals surface area (Å²) in [7, 11) is 0. The summed E-state index contributed by atoms with van der Waals surface area (Å²) in [5.74, 6) is -0.949. The molecule has 2 aromatic rings. The topological polar surface area (TPSA) is 63.1 Å². The van der Waals surface area contributed by atoms with Crippen molar-refractivity contribution in [3.8, 4) is 11.3 Å². The molecule has 0 aliphatic rings. The summed E-state index contributed by atoms with van der Waals surface area (Å²) in [5, 5.41) is 16.9. The van der Waals surface area contributed by atoms with E-state index in [1.165, 1.54) is 12.1 Å². The van der Waals surface area contributed by atoms with E-state index in [1.807, 2.05) is 13.0 Å². The average molecular weight is 249 g/mol. The average Bonchev–Trinajstić information content (AvgIpc) is 2.33. The third-order valence-corrected chi connectivity index (χ3v) is 2.73. The first-order valence-electron chi connectivity index (χ1n) is 4.91. The second kappa shape index (κ2) is 4.51. The Kier molecular flexibility index (Phi) is 3.06. The Morgan fingerprint density at radius 3 is 2.41 bits per heavy atom. The highest BCUT2D eigenvalue weighted by Gasteiger charge is 2.06. The van der Waals surface area contributed by atoms with Gasteiger partial charge in [0.05, 0.1) is 11.3 Å². The van der Waals surface area contributed by atoms with Gasteiger partial charge in [0.25, 0.3) is 0 Å². The third-order valence-electron chi connectivity index (χ3n) is 2.35. The van der Waals surface area contributed by atoms with E-state index >= 15 is 0 Å². The minimum atomic E-state index is -0.949. The molecule has 0 atom stereocenters. The second-order valence-corrected chi connectivity index (χ2v) is 3.94. The van der Waals surface area contributed by atoms with E-state index in [1.54, 1.807) is 12.1 Å². The molecule has 1 aromatic carbocycles. The number of aryl methyl sites for hydroxylation is 1. The maximum atomic E-state index is 10.7. The fraction of sp³-hybridized carbons (Fsp3) is 0.0833. The molecule has 0 saturated heterocycles. The highest BCUT2D eigenvalue weighted by atomic mass is 35.5. The fourth-order valence-electron chi connectivity index (χ4n) is 1.39. The van der Waals surface area contributed by atoms with Crippen LogP contribution in [0.5, 0.6) is 0 Å². The predicted octanol–water partition coefficient (Wildman–Crippen LogP) is 2.80. The maximum absolute atomic E-state index is 10.7. The van der Waals surface area contributed by atoms with Crippen molar-refractivity contribution in [2.24, 2.45) is 0 Å². The number of rotatable bonds is 2. The van der Waals surface area contributed by atoms with Gasteiger partial charge in [-0.05, 0) is 30.7 Å². The molecule has 0 radical (unpaired) electrons. The van der Waals surface area contributed by atoms with Crippen LogP contribution in [0.3, 0.4) is 0 Å². The van der Waals surface area contributed by atoms with Crippen molar-refractivity contribution in [3.05, 3.63) is 46.6 Å². The van der Waals surface area contributed by atoms with Crippen molar-refractivity contribution in [1.82, 2.24) is 10.2 Å². The van der Waals surface area contributed by atoms with Crippen LogP contribution < -0.4 is 0 Å². The third kappa shape index (κ3) is 2.42. The van der Waals surface area contributed by atoms with Gasteiger partial charge in [0.2, 0.25) is 0 Å². The van der Waals surface area contributed by atoms with Crippen molar-refractivity contribution < 1.29 is 9.90 Å². The lowest BCUT2D eigenvalue weighted by Gasteiger charge is -2.02. The molecule has 1 heterocycles. The van der Waals surface area contributed by atoms with E-state index < -0.39 is 5.97 Å². The molecule has 0 fully saturated rings. The van der Waals surface area contributed by atoms with Crippen LogP contribution in [-0.2, 0) is 0 Å². The molecular weight excluding hydrogens is 240 g/mol. The number of carbonyl (C=O) groups is 1. The molecule has 2 rings (SSSR count). The Bertz CT molecular complexity index is 567. The second-order valence-electron chi connectivity index (χ2n) is 3.59. The van der Waals surface area contributed by atoms with Crippen LogP contribution in [0.1, 0.15) is 15.9 Å². The molecule has 0 bridgehead atoms. The summed E-state index contributed by atoms with van der Waals surface area (Å²) in [4.78, 5) is 10.7. The molecule has 5 heteroatoms. The highest BCUT2D eigenvalue weighted by molar-refractivity contribution is 6.30. The smallest absolute Gasteiger partial charge is 0.335 e. The van der Waals surface area contributed by atoms with E-state index in [2.05, 4.69) is 10.2 Å². The summed E-state index contributed by atoms with van der Waals surface area (Å²) < 4.78 is 0. The van der Waals surface area contributed by atoms with Gasteiger partial charge >= 0.3 is 5.97 Å². The van der Waals surface area contributed by atoms with Gasteiger partial charge < -0.3 is 5.11 Å². The summed E-state index contributed by atoms with van der Waals surface area (Å²) in [6, 6.07) is 8.26. The van der Waals surface area contributed by atoms with Gasteiger partial charge in [0, 0.05) is 5.56 Å². The van der Waals surface area contributed by atoms with Crippen molar-refractivity contribution >= 4 is 17.6 Å². The van der Waals surface area contributed by atoms with Gasteiger partial charge in [-0.1, -0.05) is 23.7 Å². The van der Waals surface area contributed by atoms with E-state index in [-0.39, 0.29) is 5.56 Å². The highest BCUT2D eigenvalue weighted by Crippen LogP contribution is 2.20. The Morgan fingerprint density at radius 1 is 1.24 bits per heavy atom. The van der Waals surface area contributed by atoms with Crippen LogP contribution in [-0.4, -0.2) is 21.3 Å². The Balaban J connectivity index is 2.39. The van der Waals surface area contributed by atoms with E-state index in [0.717, 1.165) is 11.1 Å². The SMILES string of the molecule is Cc1cc(-c2ccc(C(=O)O)cc2)nnc1Cl. The van der Waals surface area contributed by atoms with Gasteiger partial charge in [-0.25, -0.2) is 4.79 Å². The lowest BCUT2D eigenvalue weighted by molar-refractivity contribution is 0.0697. The van der Waals surface area contributed by atoms with E-state index in [4.69, 9.17) is 16.7 Å². The van der Waals surface area contributed by atoms with Crippen LogP contribution in [0.25, 0.3) is 11.3 Å². The van der Waals surface area contributed by atoms with Crippen LogP contribution in [0.2, 0.25) is 5.15 Å². The minimum Gasteiger partial charge on any atom is -0.478 e. The van der Waals surface area contributed by atoms with Gasteiger partial charge in [0.1, 0.15) is 0 Å². The van der Waals surface area contributed by atoms with Crippen molar-refractivity contribution in [1.29, 1.82) is 0 Å². The van der Waals surface area contributed by atoms with E-state index in [0.29, 0.717) is 10.8 Å². The minimum absolute atomic E-state index is 0.243. The molecule has 0 saturated carbocycles. The molecule has 1 N–H and O–H groups in total.